The number of nitrogens with zero attached hydrogens (tertiary/aromatic N) is 3. The highest BCUT2D eigenvalue weighted by molar-refractivity contribution is 7.19. The van der Waals surface area contributed by atoms with Gasteiger partial charge in [-0.2, -0.15) is 0 Å². The maximum Gasteiger partial charge on any atom is 0.277 e. The van der Waals surface area contributed by atoms with Crippen molar-refractivity contribution in [3.8, 4) is 10.6 Å². The molecule has 1 aliphatic rings. The number of aromatic nitrogens is 2. The lowest BCUT2D eigenvalue weighted by Gasteiger charge is -2.33. The van der Waals surface area contributed by atoms with Crippen LogP contribution < -0.4 is 21.7 Å². The molecule has 1 aromatic carbocycles. The zero-order valence-corrected chi connectivity index (χ0v) is 16.8. The van der Waals surface area contributed by atoms with Crippen LogP contribution in [0.5, 0.6) is 0 Å². The van der Waals surface area contributed by atoms with Gasteiger partial charge in [0.25, 0.3) is 5.91 Å². The number of nitrogens with one attached hydrogen (secondary N) is 1. The number of benzene rings is 1. The number of hydrogen-bond donors (Lipinski definition) is 3. The number of anilines is 3. The predicted molar refractivity (Wildman–Crippen MR) is 113 cm³/mol. The van der Waals surface area contributed by atoms with E-state index in [0.717, 1.165) is 54.6 Å². The SMILES string of the molecule is Nc1sc(-c2cc(F)ccc2F)nc1C(=O)Nc1cnccc1N1CCCC(N)C1. The topological polar surface area (TPSA) is 110 Å². The molecule has 3 heterocycles. The Morgan fingerprint density at radius 1 is 1.30 bits per heavy atom. The van der Waals surface area contributed by atoms with Crippen LogP contribution in [0.2, 0.25) is 0 Å². The molecular formula is C20H20F2N6OS. The molecule has 156 valence electrons. The number of thiazole rings is 1. The molecule has 1 amide bonds. The maximum absolute atomic E-state index is 14.1. The number of rotatable bonds is 4. The summed E-state index contributed by atoms with van der Waals surface area (Å²) in [5.41, 5.74) is 13.2. The molecule has 0 saturated carbocycles. The third-order valence-corrected chi connectivity index (χ3v) is 5.79. The minimum absolute atomic E-state index is 0.0462. The van der Waals surface area contributed by atoms with Gasteiger partial charge in [0.1, 0.15) is 21.6 Å². The molecule has 0 radical (unpaired) electrons. The van der Waals surface area contributed by atoms with E-state index in [2.05, 4.69) is 20.2 Å². The number of amides is 1. The molecule has 2 aromatic heterocycles. The van der Waals surface area contributed by atoms with Crippen molar-refractivity contribution in [3.63, 3.8) is 0 Å². The molecule has 1 aliphatic heterocycles. The molecule has 10 heteroatoms. The number of pyridine rings is 1. The van der Waals surface area contributed by atoms with Crippen LogP contribution in [0.4, 0.5) is 25.2 Å². The van der Waals surface area contributed by atoms with Crippen LogP contribution in [0.3, 0.4) is 0 Å². The smallest absolute Gasteiger partial charge is 0.277 e. The van der Waals surface area contributed by atoms with E-state index >= 15 is 0 Å². The molecule has 5 N–H and O–H groups in total. The first-order valence-corrected chi connectivity index (χ1v) is 10.2. The minimum atomic E-state index is -0.645. The summed E-state index contributed by atoms with van der Waals surface area (Å²) >= 11 is 0.918. The van der Waals surface area contributed by atoms with Gasteiger partial charge in [-0.3, -0.25) is 9.78 Å². The number of nitrogen functional groups attached to an aromatic ring is 1. The number of halogens is 2. The summed E-state index contributed by atoms with van der Waals surface area (Å²) in [5, 5.41) is 3.02. The maximum atomic E-state index is 14.1. The van der Waals surface area contributed by atoms with Crippen LogP contribution in [0.1, 0.15) is 23.3 Å². The Bertz CT molecular complexity index is 1090. The summed E-state index contributed by atoms with van der Waals surface area (Å²) in [6.45, 7) is 1.50. The average Bonchev–Trinajstić information content (AvgIpc) is 3.12. The number of nitrogens with two attached hydrogens (primary N) is 2. The van der Waals surface area contributed by atoms with E-state index in [9.17, 15) is 13.6 Å². The Hall–Kier alpha value is -3.11. The monoisotopic (exact) mass is 430 g/mol. The van der Waals surface area contributed by atoms with E-state index in [1.165, 1.54) is 0 Å². The lowest BCUT2D eigenvalue weighted by Crippen LogP contribution is -2.43. The average molecular weight is 430 g/mol. The van der Waals surface area contributed by atoms with Crippen LogP contribution >= 0.6 is 11.3 Å². The molecule has 1 atom stereocenters. The number of piperidine rings is 1. The van der Waals surface area contributed by atoms with Crippen molar-refractivity contribution in [2.45, 2.75) is 18.9 Å². The quantitative estimate of drug-likeness (QED) is 0.586. The fraction of sp³-hybridized carbons (Fsp3) is 0.250. The molecule has 1 saturated heterocycles. The van der Waals surface area contributed by atoms with Gasteiger partial charge in [-0.05, 0) is 37.1 Å². The number of carbonyl (C=O) groups excluding carboxylic acids is 1. The van der Waals surface area contributed by atoms with Gasteiger partial charge in [0, 0.05) is 30.9 Å². The molecule has 1 unspecified atom stereocenters. The first-order valence-electron chi connectivity index (χ1n) is 9.40. The molecule has 3 aromatic rings. The van der Waals surface area contributed by atoms with Crippen molar-refractivity contribution in [1.29, 1.82) is 0 Å². The molecule has 0 spiro atoms. The zero-order chi connectivity index (χ0) is 21.3. The summed E-state index contributed by atoms with van der Waals surface area (Å²) in [6, 6.07) is 4.92. The summed E-state index contributed by atoms with van der Waals surface area (Å²) in [7, 11) is 0. The van der Waals surface area contributed by atoms with Crippen molar-refractivity contribution in [1.82, 2.24) is 9.97 Å². The number of carbonyl (C=O) groups is 1. The Morgan fingerprint density at radius 2 is 2.13 bits per heavy atom. The lowest BCUT2D eigenvalue weighted by molar-refractivity contribution is 0.102. The fourth-order valence-corrected chi connectivity index (χ4v) is 4.29. The van der Waals surface area contributed by atoms with E-state index in [4.69, 9.17) is 11.5 Å². The van der Waals surface area contributed by atoms with Gasteiger partial charge in [0.2, 0.25) is 0 Å². The van der Waals surface area contributed by atoms with E-state index < -0.39 is 17.5 Å². The second kappa shape index (κ2) is 8.33. The normalized spacial score (nSPS) is 16.5. The van der Waals surface area contributed by atoms with E-state index in [1.54, 1.807) is 12.4 Å². The Balaban J connectivity index is 1.60. The minimum Gasteiger partial charge on any atom is -0.389 e. The third-order valence-electron chi connectivity index (χ3n) is 4.87. The molecule has 4 rings (SSSR count). The molecule has 0 aliphatic carbocycles. The molecule has 1 fully saturated rings. The highest BCUT2D eigenvalue weighted by Gasteiger charge is 2.23. The molecule has 0 bridgehead atoms. The molecule has 7 nitrogen and oxygen atoms in total. The van der Waals surface area contributed by atoms with Gasteiger partial charge in [0.15, 0.2) is 5.69 Å². The highest BCUT2D eigenvalue weighted by Crippen LogP contribution is 2.33. The third kappa shape index (κ3) is 4.10. The Morgan fingerprint density at radius 3 is 2.93 bits per heavy atom. The second-order valence-corrected chi connectivity index (χ2v) is 8.08. The summed E-state index contributed by atoms with van der Waals surface area (Å²) in [6.07, 6.45) is 5.10. The summed E-state index contributed by atoms with van der Waals surface area (Å²) in [5.74, 6) is -1.80. The van der Waals surface area contributed by atoms with Crippen molar-refractivity contribution >= 4 is 33.6 Å². The van der Waals surface area contributed by atoms with Gasteiger partial charge in [-0.15, -0.1) is 0 Å². The summed E-state index contributed by atoms with van der Waals surface area (Å²) < 4.78 is 27.6. The first kappa shape index (κ1) is 20.2. The van der Waals surface area contributed by atoms with Crippen molar-refractivity contribution in [3.05, 3.63) is 54.0 Å². The highest BCUT2D eigenvalue weighted by atomic mass is 32.1. The summed E-state index contributed by atoms with van der Waals surface area (Å²) in [4.78, 5) is 23.2. The van der Waals surface area contributed by atoms with Gasteiger partial charge >= 0.3 is 0 Å². The van der Waals surface area contributed by atoms with Gasteiger partial charge < -0.3 is 21.7 Å². The lowest BCUT2D eigenvalue weighted by atomic mass is 10.1. The zero-order valence-electron chi connectivity index (χ0n) is 15.9. The predicted octanol–water partition coefficient (Wildman–Crippen LogP) is 3.25. The van der Waals surface area contributed by atoms with Gasteiger partial charge in [0.05, 0.1) is 17.6 Å². The van der Waals surface area contributed by atoms with E-state index in [1.807, 2.05) is 6.07 Å². The standard InChI is InChI=1S/C20H20F2N6OS/c21-11-3-4-14(22)13(8-11)20-27-17(18(24)30-20)19(29)26-15-9-25-6-5-16(15)28-7-1-2-12(23)10-28/h3-6,8-9,12H,1-2,7,10,23-24H2,(H,26,29). The van der Waals surface area contributed by atoms with Gasteiger partial charge in [-0.25, -0.2) is 13.8 Å². The van der Waals surface area contributed by atoms with Crippen molar-refractivity contribution in [2.24, 2.45) is 5.73 Å². The van der Waals surface area contributed by atoms with Crippen LogP contribution in [0, 0.1) is 11.6 Å². The van der Waals surface area contributed by atoms with Crippen LogP contribution in [0.15, 0.2) is 36.7 Å². The van der Waals surface area contributed by atoms with Crippen LogP contribution in [0.25, 0.3) is 10.6 Å². The Kier molecular flexibility index (Phi) is 5.60. The molecule has 30 heavy (non-hydrogen) atoms. The fourth-order valence-electron chi connectivity index (χ4n) is 3.44. The first-order chi connectivity index (χ1) is 14.4. The Labute approximate surface area is 175 Å². The van der Waals surface area contributed by atoms with Gasteiger partial charge in [-0.1, -0.05) is 11.3 Å². The van der Waals surface area contributed by atoms with E-state index in [0.29, 0.717) is 12.2 Å². The molecular weight excluding hydrogens is 410 g/mol. The largest absolute Gasteiger partial charge is 0.389 e. The van der Waals surface area contributed by atoms with Crippen molar-refractivity contribution in [2.75, 3.05) is 29.0 Å². The van der Waals surface area contributed by atoms with Crippen LogP contribution in [-0.4, -0.2) is 35.0 Å². The van der Waals surface area contributed by atoms with E-state index in [-0.39, 0.29) is 27.3 Å². The van der Waals surface area contributed by atoms with Crippen molar-refractivity contribution < 1.29 is 13.6 Å². The second-order valence-electron chi connectivity index (χ2n) is 7.05. The number of hydrogen-bond acceptors (Lipinski definition) is 7. The van der Waals surface area contributed by atoms with Crippen LogP contribution in [-0.2, 0) is 0 Å².